The van der Waals surface area contributed by atoms with E-state index in [1.807, 2.05) is 35.7 Å². The number of nitrogens with one attached hydrogen (secondary N) is 3. The van der Waals surface area contributed by atoms with Crippen LogP contribution >= 0.6 is 11.3 Å². The summed E-state index contributed by atoms with van der Waals surface area (Å²) < 4.78 is 0. The van der Waals surface area contributed by atoms with Gasteiger partial charge in [-0.1, -0.05) is 30.3 Å². The molecular formula is C14H11N9OS. The quantitative estimate of drug-likeness (QED) is 0.457. The number of hydrogen-bond donors (Lipinski definition) is 3. The summed E-state index contributed by atoms with van der Waals surface area (Å²) >= 11 is 1.32. The summed E-state index contributed by atoms with van der Waals surface area (Å²) in [5.74, 6) is -0.560. The number of hydrazine groups is 1. The molecule has 124 valence electrons. The minimum absolute atomic E-state index is 0.105. The third-order valence-corrected chi connectivity index (χ3v) is 3.66. The molecule has 0 radical (unpaired) electrons. The number of thiazole rings is 1. The van der Waals surface area contributed by atoms with E-state index in [1.54, 1.807) is 6.07 Å². The van der Waals surface area contributed by atoms with Crippen molar-refractivity contribution in [2.45, 2.75) is 6.04 Å². The zero-order chi connectivity index (χ0) is 17.5. The summed E-state index contributed by atoms with van der Waals surface area (Å²) in [6.45, 7) is 0. The zero-order valence-corrected chi connectivity index (χ0v) is 13.4. The molecule has 2 heterocycles. The molecule has 10 nitrogen and oxygen atoms in total. The molecule has 0 aliphatic heterocycles. The molecule has 2 aromatic heterocycles. The summed E-state index contributed by atoms with van der Waals surface area (Å²) in [5.41, 5.74) is 6.79. The number of rotatable bonds is 6. The van der Waals surface area contributed by atoms with Crippen molar-refractivity contribution in [3.8, 4) is 17.3 Å². The van der Waals surface area contributed by atoms with Crippen molar-refractivity contribution >= 4 is 28.3 Å². The number of aromatic amines is 1. The van der Waals surface area contributed by atoms with E-state index < -0.39 is 11.9 Å². The number of nitriles is 1. The van der Waals surface area contributed by atoms with Crippen LogP contribution in [0.5, 0.6) is 0 Å². The molecule has 0 saturated heterocycles. The second-order valence-electron chi connectivity index (χ2n) is 4.57. The Morgan fingerprint density at radius 3 is 2.92 bits per heavy atom. The van der Waals surface area contributed by atoms with Crippen molar-refractivity contribution in [3.05, 3.63) is 42.0 Å². The molecule has 1 amide bonds. The van der Waals surface area contributed by atoms with E-state index in [0.29, 0.717) is 5.13 Å². The largest absolute Gasteiger partial charge is 0.279 e. The van der Waals surface area contributed by atoms with Crippen molar-refractivity contribution in [2.24, 2.45) is 10.2 Å². The number of anilines is 1. The van der Waals surface area contributed by atoms with Gasteiger partial charge in [0.05, 0.1) is 5.69 Å². The number of carbonyl (C=O) groups excluding carboxylic acids is 1. The first-order chi connectivity index (χ1) is 12.3. The molecule has 11 heteroatoms. The van der Waals surface area contributed by atoms with Gasteiger partial charge >= 0.3 is 0 Å². The van der Waals surface area contributed by atoms with Gasteiger partial charge in [0.2, 0.25) is 11.2 Å². The number of hydrogen-bond acceptors (Lipinski definition) is 9. The first-order valence-corrected chi connectivity index (χ1v) is 7.87. The first kappa shape index (κ1) is 16.2. The molecule has 0 aliphatic carbocycles. The van der Waals surface area contributed by atoms with Crippen molar-refractivity contribution in [3.63, 3.8) is 0 Å². The van der Waals surface area contributed by atoms with E-state index in [2.05, 4.69) is 41.2 Å². The molecule has 1 unspecified atom stereocenters. The Labute approximate surface area is 145 Å². The van der Waals surface area contributed by atoms with Gasteiger partial charge in [-0.25, -0.2) is 10.1 Å². The normalized spacial score (nSPS) is 11.8. The molecule has 0 bridgehead atoms. The summed E-state index contributed by atoms with van der Waals surface area (Å²) in [5, 5.41) is 24.6. The van der Waals surface area contributed by atoms with E-state index in [9.17, 15) is 4.79 Å². The van der Waals surface area contributed by atoms with E-state index in [1.165, 1.54) is 17.7 Å². The Bertz CT molecular complexity index is 898. The number of azo groups is 1. The van der Waals surface area contributed by atoms with Crippen LogP contribution in [0.15, 0.2) is 52.3 Å². The highest BCUT2D eigenvalue weighted by Crippen LogP contribution is 2.23. The smallest absolute Gasteiger partial charge is 0.273 e. The average molecular weight is 353 g/mol. The molecule has 0 spiro atoms. The number of amides is 1. The van der Waals surface area contributed by atoms with Crippen molar-refractivity contribution in [1.29, 1.82) is 5.26 Å². The summed E-state index contributed by atoms with van der Waals surface area (Å²) in [4.78, 5) is 20.0. The van der Waals surface area contributed by atoms with Gasteiger partial charge in [0.1, 0.15) is 12.4 Å². The highest BCUT2D eigenvalue weighted by Gasteiger charge is 2.17. The second-order valence-corrected chi connectivity index (χ2v) is 5.43. The predicted octanol–water partition coefficient (Wildman–Crippen LogP) is 2.05. The maximum absolute atomic E-state index is 12.0. The molecule has 3 aromatic rings. The van der Waals surface area contributed by atoms with Gasteiger partial charge in [0.25, 0.3) is 11.9 Å². The van der Waals surface area contributed by atoms with Crippen LogP contribution in [0.3, 0.4) is 0 Å². The Balaban J connectivity index is 1.58. The molecule has 1 atom stereocenters. The lowest BCUT2D eigenvalue weighted by atomic mass is 10.2. The molecule has 0 fully saturated rings. The number of H-pyrrole nitrogens is 1. The highest BCUT2D eigenvalue weighted by molar-refractivity contribution is 7.14. The van der Waals surface area contributed by atoms with Gasteiger partial charge in [-0.05, 0) is 0 Å². The maximum atomic E-state index is 12.0. The van der Waals surface area contributed by atoms with Crippen LogP contribution in [0.4, 0.5) is 11.1 Å². The fourth-order valence-electron chi connectivity index (χ4n) is 1.75. The second kappa shape index (κ2) is 7.75. The lowest BCUT2D eigenvalue weighted by molar-refractivity contribution is -0.120. The fraction of sp³-hybridized carbons (Fsp3) is 0.0714. The summed E-state index contributed by atoms with van der Waals surface area (Å²) in [7, 11) is 0. The fourth-order valence-corrected chi connectivity index (χ4v) is 2.43. The van der Waals surface area contributed by atoms with Crippen LogP contribution in [0.25, 0.3) is 11.3 Å². The summed E-state index contributed by atoms with van der Waals surface area (Å²) in [6.07, 6.45) is 1.24. The molecule has 3 rings (SSSR count). The van der Waals surface area contributed by atoms with E-state index in [0.717, 1.165) is 11.3 Å². The molecule has 0 aliphatic rings. The molecular weight excluding hydrogens is 342 g/mol. The Hall–Kier alpha value is -3.65. The van der Waals surface area contributed by atoms with Crippen LogP contribution in [0.1, 0.15) is 0 Å². The van der Waals surface area contributed by atoms with Crippen LogP contribution in [0.2, 0.25) is 0 Å². The third-order valence-electron chi connectivity index (χ3n) is 2.91. The molecule has 25 heavy (non-hydrogen) atoms. The first-order valence-electron chi connectivity index (χ1n) is 6.99. The van der Waals surface area contributed by atoms with Crippen molar-refractivity contribution < 1.29 is 4.79 Å². The van der Waals surface area contributed by atoms with Gasteiger partial charge in [-0.2, -0.15) is 20.5 Å². The van der Waals surface area contributed by atoms with Gasteiger partial charge < -0.3 is 0 Å². The third kappa shape index (κ3) is 4.21. The highest BCUT2D eigenvalue weighted by atomic mass is 32.1. The van der Waals surface area contributed by atoms with Gasteiger partial charge in [0.15, 0.2) is 0 Å². The Morgan fingerprint density at radius 1 is 1.36 bits per heavy atom. The number of nitrogens with zero attached hydrogens (tertiary/aromatic N) is 6. The van der Waals surface area contributed by atoms with Crippen LogP contribution in [-0.4, -0.2) is 32.1 Å². The van der Waals surface area contributed by atoms with Crippen molar-refractivity contribution in [1.82, 2.24) is 25.6 Å². The van der Waals surface area contributed by atoms with E-state index >= 15 is 0 Å². The van der Waals surface area contributed by atoms with E-state index in [4.69, 9.17) is 5.26 Å². The average Bonchev–Trinajstić information content (AvgIpc) is 3.33. The molecule has 1 aromatic carbocycles. The predicted molar refractivity (Wildman–Crippen MR) is 89.6 cm³/mol. The summed E-state index contributed by atoms with van der Waals surface area (Å²) in [6, 6.07) is 10.0. The number of aromatic nitrogens is 4. The Morgan fingerprint density at radius 2 is 2.20 bits per heavy atom. The number of carbonyl (C=O) groups is 1. The monoisotopic (exact) mass is 353 g/mol. The van der Waals surface area contributed by atoms with Gasteiger partial charge in [-0.15, -0.1) is 16.5 Å². The number of benzene rings is 1. The van der Waals surface area contributed by atoms with Gasteiger partial charge in [-0.3, -0.25) is 15.6 Å². The Kier molecular flexibility index (Phi) is 5.03. The maximum Gasteiger partial charge on any atom is 0.279 e. The van der Waals surface area contributed by atoms with Crippen LogP contribution < -0.4 is 10.9 Å². The zero-order valence-electron chi connectivity index (χ0n) is 12.6. The molecule has 0 saturated carbocycles. The molecule has 3 N–H and O–H groups in total. The minimum atomic E-state index is -1.33. The lowest BCUT2D eigenvalue weighted by Crippen LogP contribution is -2.36. The van der Waals surface area contributed by atoms with Crippen molar-refractivity contribution in [2.75, 3.05) is 5.43 Å². The lowest BCUT2D eigenvalue weighted by Gasteiger charge is -2.05. The van der Waals surface area contributed by atoms with E-state index in [-0.39, 0.29) is 5.95 Å². The topological polar surface area (TPSA) is 144 Å². The minimum Gasteiger partial charge on any atom is -0.273 e. The van der Waals surface area contributed by atoms with Gasteiger partial charge in [0, 0.05) is 10.9 Å². The van der Waals surface area contributed by atoms with Crippen LogP contribution in [-0.2, 0) is 4.79 Å². The standard InChI is InChI=1S/C14H11N9OS/c15-6-10(19-22-13-16-8-17-21-13)12(24)20-23-14-18-11(7-25-14)9-4-2-1-3-5-9/h1-5,7-8,10H,(H,18,23)(H,20,24)(H,16,17,21). The SMILES string of the molecule is N#CC(N=Nc1ncn[nH]1)C(=O)NNc1nc(-c2ccccc2)cs1. The van der Waals surface area contributed by atoms with Crippen LogP contribution in [0, 0.1) is 11.3 Å².